The van der Waals surface area contributed by atoms with Crippen molar-refractivity contribution in [2.75, 3.05) is 19.6 Å². The number of piperazine rings is 1. The molecule has 0 spiro atoms. The van der Waals surface area contributed by atoms with Crippen LogP contribution in [0.15, 0.2) is 29.2 Å². The Balaban J connectivity index is 1.93. The Morgan fingerprint density at radius 3 is 3.10 bits per heavy atom. The van der Waals surface area contributed by atoms with Gasteiger partial charge in [-0.05, 0) is 31.5 Å². The van der Waals surface area contributed by atoms with E-state index in [-0.39, 0.29) is 5.56 Å². The van der Waals surface area contributed by atoms with E-state index in [4.69, 9.17) is 0 Å². The highest BCUT2D eigenvalue weighted by molar-refractivity contribution is 5.41. The van der Waals surface area contributed by atoms with E-state index < -0.39 is 0 Å². The lowest BCUT2D eigenvalue weighted by atomic mass is 10.2. The van der Waals surface area contributed by atoms with Gasteiger partial charge in [0, 0.05) is 44.5 Å². The first-order chi connectivity index (χ1) is 9.63. The topological polar surface area (TPSA) is 49.6 Å². The summed E-state index contributed by atoms with van der Waals surface area (Å²) in [6, 6.07) is 6.00. The maximum absolute atomic E-state index is 12.1. The van der Waals surface area contributed by atoms with Crippen LogP contribution in [-0.4, -0.2) is 40.0 Å². The first kappa shape index (κ1) is 13.3. The van der Waals surface area contributed by atoms with Crippen molar-refractivity contribution in [2.24, 2.45) is 0 Å². The molecule has 1 fully saturated rings. The molecule has 106 valence electrons. The zero-order valence-electron chi connectivity index (χ0n) is 12.0. The number of pyridine rings is 1. The zero-order chi connectivity index (χ0) is 14.1. The lowest BCUT2D eigenvalue weighted by Crippen LogP contribution is -2.49. The van der Waals surface area contributed by atoms with E-state index in [0.29, 0.717) is 6.04 Å². The van der Waals surface area contributed by atoms with Gasteiger partial charge in [0.1, 0.15) is 5.65 Å². The van der Waals surface area contributed by atoms with E-state index in [1.807, 2.05) is 19.1 Å². The van der Waals surface area contributed by atoms with Crippen LogP contribution in [0, 0.1) is 6.92 Å². The van der Waals surface area contributed by atoms with E-state index in [9.17, 15) is 4.79 Å². The van der Waals surface area contributed by atoms with Crippen LogP contribution in [-0.2, 0) is 6.54 Å². The van der Waals surface area contributed by atoms with Crippen molar-refractivity contribution >= 4 is 5.65 Å². The minimum Gasteiger partial charge on any atom is -0.314 e. The molecule has 2 aromatic heterocycles. The number of nitrogens with zero attached hydrogens (tertiary/aromatic N) is 3. The lowest BCUT2D eigenvalue weighted by molar-refractivity contribution is 0.164. The standard InChI is InChI=1S/C15H20N4O/c1-11-3-5-19-14(7-11)17-13(8-15(19)20)10-18-6-4-16-9-12(18)2/h3,5,7-8,12,16H,4,6,9-10H2,1-2H3. The summed E-state index contributed by atoms with van der Waals surface area (Å²) in [6.07, 6.45) is 1.79. The molecule has 1 unspecified atom stereocenters. The van der Waals surface area contributed by atoms with E-state index in [1.54, 1.807) is 16.7 Å². The number of hydrogen-bond donors (Lipinski definition) is 1. The molecule has 1 aliphatic heterocycles. The minimum absolute atomic E-state index is 0.00668. The quantitative estimate of drug-likeness (QED) is 0.878. The largest absolute Gasteiger partial charge is 0.314 e. The van der Waals surface area contributed by atoms with E-state index in [1.165, 1.54) is 0 Å². The molecule has 1 atom stereocenters. The van der Waals surface area contributed by atoms with Gasteiger partial charge in [-0.25, -0.2) is 4.98 Å². The fourth-order valence-corrected chi connectivity index (χ4v) is 2.66. The van der Waals surface area contributed by atoms with Crippen molar-refractivity contribution in [3.05, 3.63) is 46.0 Å². The summed E-state index contributed by atoms with van der Waals surface area (Å²) in [4.78, 5) is 19.1. The Labute approximate surface area is 118 Å². The van der Waals surface area contributed by atoms with Gasteiger partial charge in [-0.15, -0.1) is 0 Å². The highest BCUT2D eigenvalue weighted by Gasteiger charge is 2.18. The number of rotatable bonds is 2. The van der Waals surface area contributed by atoms with Crippen molar-refractivity contribution in [2.45, 2.75) is 26.4 Å². The van der Waals surface area contributed by atoms with Crippen molar-refractivity contribution in [1.82, 2.24) is 19.6 Å². The minimum atomic E-state index is -0.00668. The van der Waals surface area contributed by atoms with Crippen molar-refractivity contribution in [3.8, 4) is 0 Å². The zero-order valence-corrected chi connectivity index (χ0v) is 12.0. The first-order valence-electron chi connectivity index (χ1n) is 7.07. The summed E-state index contributed by atoms with van der Waals surface area (Å²) in [7, 11) is 0. The fraction of sp³-hybridized carbons (Fsp3) is 0.467. The predicted octanol–water partition coefficient (Wildman–Crippen LogP) is 0.797. The highest BCUT2D eigenvalue weighted by atomic mass is 16.1. The molecule has 1 N–H and O–H groups in total. The Morgan fingerprint density at radius 1 is 1.45 bits per heavy atom. The molecule has 0 bridgehead atoms. The van der Waals surface area contributed by atoms with Crippen LogP contribution >= 0.6 is 0 Å². The molecule has 3 rings (SSSR count). The van der Waals surface area contributed by atoms with Crippen LogP contribution in [0.2, 0.25) is 0 Å². The summed E-state index contributed by atoms with van der Waals surface area (Å²) in [5.74, 6) is 0. The molecule has 3 heterocycles. The number of hydrogen-bond acceptors (Lipinski definition) is 4. The van der Waals surface area contributed by atoms with Gasteiger partial charge < -0.3 is 5.32 Å². The molecule has 1 saturated heterocycles. The molecule has 20 heavy (non-hydrogen) atoms. The van der Waals surface area contributed by atoms with Gasteiger partial charge in [0.2, 0.25) is 0 Å². The molecule has 0 radical (unpaired) electrons. The smallest absolute Gasteiger partial charge is 0.258 e. The van der Waals surface area contributed by atoms with Gasteiger partial charge in [-0.2, -0.15) is 0 Å². The molecular weight excluding hydrogens is 252 g/mol. The maximum atomic E-state index is 12.1. The van der Waals surface area contributed by atoms with Crippen LogP contribution in [0.1, 0.15) is 18.2 Å². The lowest BCUT2D eigenvalue weighted by Gasteiger charge is -2.33. The molecule has 0 amide bonds. The van der Waals surface area contributed by atoms with Crippen LogP contribution in [0.5, 0.6) is 0 Å². The number of aromatic nitrogens is 2. The van der Waals surface area contributed by atoms with Gasteiger partial charge in [-0.1, -0.05) is 0 Å². The Kier molecular flexibility index (Phi) is 3.54. The summed E-state index contributed by atoms with van der Waals surface area (Å²) >= 11 is 0. The second-order valence-corrected chi connectivity index (χ2v) is 5.54. The van der Waals surface area contributed by atoms with Gasteiger partial charge in [0.15, 0.2) is 0 Å². The normalized spacial score (nSPS) is 20.4. The molecule has 0 aliphatic carbocycles. The van der Waals surface area contributed by atoms with Gasteiger partial charge in [0.25, 0.3) is 5.56 Å². The Bertz CT molecular complexity index is 679. The van der Waals surface area contributed by atoms with Gasteiger partial charge >= 0.3 is 0 Å². The van der Waals surface area contributed by atoms with Crippen LogP contribution < -0.4 is 10.9 Å². The van der Waals surface area contributed by atoms with Crippen LogP contribution in [0.4, 0.5) is 0 Å². The maximum Gasteiger partial charge on any atom is 0.258 e. The van der Waals surface area contributed by atoms with Crippen LogP contribution in [0.25, 0.3) is 5.65 Å². The third-order valence-corrected chi connectivity index (χ3v) is 3.88. The fourth-order valence-electron chi connectivity index (χ4n) is 2.66. The third kappa shape index (κ3) is 2.59. The Hall–Kier alpha value is -1.72. The van der Waals surface area contributed by atoms with Gasteiger partial charge in [0.05, 0.1) is 5.69 Å². The van der Waals surface area contributed by atoms with Gasteiger partial charge in [-0.3, -0.25) is 14.1 Å². The number of aryl methyl sites for hydroxylation is 1. The average Bonchev–Trinajstić information content (AvgIpc) is 2.41. The first-order valence-corrected chi connectivity index (χ1v) is 7.07. The SMILES string of the molecule is Cc1ccn2c(=O)cc(CN3CCNCC3C)nc2c1. The molecule has 0 saturated carbocycles. The molecular formula is C15H20N4O. The van der Waals surface area contributed by atoms with Crippen molar-refractivity contribution in [1.29, 1.82) is 0 Å². The van der Waals surface area contributed by atoms with E-state index >= 15 is 0 Å². The number of fused-ring (bicyclic) bond motifs is 1. The predicted molar refractivity (Wildman–Crippen MR) is 78.9 cm³/mol. The summed E-state index contributed by atoms with van der Waals surface area (Å²) in [5, 5.41) is 3.37. The molecule has 5 nitrogen and oxygen atoms in total. The summed E-state index contributed by atoms with van der Waals surface area (Å²) in [5.41, 5.74) is 2.70. The molecule has 2 aromatic rings. The van der Waals surface area contributed by atoms with E-state index in [2.05, 4.69) is 22.1 Å². The van der Waals surface area contributed by atoms with E-state index in [0.717, 1.165) is 43.1 Å². The molecule has 0 aromatic carbocycles. The molecule has 5 heteroatoms. The Morgan fingerprint density at radius 2 is 2.30 bits per heavy atom. The monoisotopic (exact) mass is 272 g/mol. The summed E-state index contributed by atoms with van der Waals surface area (Å²) in [6.45, 7) is 7.93. The third-order valence-electron chi connectivity index (χ3n) is 3.88. The molecule has 1 aliphatic rings. The second kappa shape index (κ2) is 5.34. The average molecular weight is 272 g/mol. The van der Waals surface area contributed by atoms with Crippen molar-refractivity contribution < 1.29 is 0 Å². The van der Waals surface area contributed by atoms with Crippen LogP contribution in [0.3, 0.4) is 0 Å². The number of nitrogens with one attached hydrogen (secondary N) is 1. The second-order valence-electron chi connectivity index (χ2n) is 5.54. The van der Waals surface area contributed by atoms with Crippen molar-refractivity contribution in [3.63, 3.8) is 0 Å². The summed E-state index contributed by atoms with van der Waals surface area (Å²) < 4.78 is 1.59. The highest BCUT2D eigenvalue weighted by Crippen LogP contribution is 2.09.